The Bertz CT molecular complexity index is 479. The lowest BCUT2D eigenvalue weighted by Crippen LogP contribution is -2.15. The second-order valence-electron chi connectivity index (χ2n) is 4.46. The van der Waals surface area contributed by atoms with Crippen LogP contribution in [0.5, 0.6) is 0 Å². The molecule has 2 aromatic rings. The van der Waals surface area contributed by atoms with E-state index in [4.69, 9.17) is 0 Å². The molecule has 5 heteroatoms. The van der Waals surface area contributed by atoms with Crippen molar-refractivity contribution in [3.05, 3.63) is 52.8 Å². The maximum absolute atomic E-state index is 13.1. The summed E-state index contributed by atoms with van der Waals surface area (Å²) in [5, 5.41) is 3.32. The number of hydrogen-bond donors (Lipinski definition) is 1. The minimum absolute atomic E-state index is 0.203. The first-order valence-electron chi connectivity index (χ1n) is 6.35. The summed E-state index contributed by atoms with van der Waals surface area (Å²) in [5.74, 6) is -0.203. The number of hydrogen-bond acceptors (Lipinski definition) is 2. The van der Waals surface area contributed by atoms with Gasteiger partial charge in [0.25, 0.3) is 0 Å². The molecule has 0 atom stereocenters. The van der Waals surface area contributed by atoms with Crippen LogP contribution in [0.15, 0.2) is 41.4 Å². The van der Waals surface area contributed by atoms with Crippen molar-refractivity contribution < 1.29 is 4.39 Å². The molecule has 0 aliphatic carbocycles. The zero-order valence-corrected chi connectivity index (χ0v) is 12.2. The van der Waals surface area contributed by atoms with Gasteiger partial charge in [0.15, 0.2) is 0 Å². The largest absolute Gasteiger partial charge is 0.337 e. The third-order valence-electron chi connectivity index (χ3n) is 2.83. The molecule has 0 unspecified atom stereocenters. The van der Waals surface area contributed by atoms with Crippen molar-refractivity contribution in [2.24, 2.45) is 0 Å². The van der Waals surface area contributed by atoms with Crippen LogP contribution in [0.2, 0.25) is 0 Å². The van der Waals surface area contributed by atoms with Crippen LogP contribution in [0, 0.1) is 5.82 Å². The molecule has 0 fully saturated rings. The molecule has 1 N–H and O–H groups in total. The normalized spacial score (nSPS) is 10.8. The van der Waals surface area contributed by atoms with Gasteiger partial charge in [0, 0.05) is 30.0 Å². The van der Waals surface area contributed by atoms with Crippen LogP contribution < -0.4 is 5.32 Å². The first kappa shape index (κ1) is 14.2. The Morgan fingerprint density at radius 3 is 2.89 bits per heavy atom. The zero-order valence-electron chi connectivity index (χ0n) is 10.6. The van der Waals surface area contributed by atoms with Gasteiger partial charge in [-0.3, -0.25) is 0 Å². The van der Waals surface area contributed by atoms with Gasteiger partial charge in [-0.2, -0.15) is 0 Å². The molecule has 0 saturated carbocycles. The summed E-state index contributed by atoms with van der Waals surface area (Å²) >= 11 is 3.29. The van der Waals surface area contributed by atoms with Crippen molar-refractivity contribution in [1.29, 1.82) is 0 Å². The van der Waals surface area contributed by atoms with E-state index in [1.54, 1.807) is 12.3 Å². The fourth-order valence-corrected chi connectivity index (χ4v) is 2.42. The van der Waals surface area contributed by atoms with Gasteiger partial charge in [0.05, 0.1) is 6.33 Å². The number of nitrogens with one attached hydrogen (secondary N) is 1. The van der Waals surface area contributed by atoms with Crippen molar-refractivity contribution in [2.75, 3.05) is 6.54 Å². The van der Waals surface area contributed by atoms with Gasteiger partial charge in [0.1, 0.15) is 5.82 Å². The lowest BCUT2D eigenvalue weighted by Gasteiger charge is -2.06. The van der Waals surface area contributed by atoms with E-state index in [2.05, 4.69) is 30.8 Å². The molecular formula is C14H17BrFN3. The predicted molar refractivity (Wildman–Crippen MR) is 77.3 cm³/mol. The van der Waals surface area contributed by atoms with Crippen molar-refractivity contribution in [1.82, 2.24) is 14.9 Å². The van der Waals surface area contributed by atoms with E-state index in [9.17, 15) is 4.39 Å². The van der Waals surface area contributed by atoms with E-state index in [1.807, 2.05) is 18.6 Å². The SMILES string of the molecule is Fc1cc(Br)cc(CNCCCCn2ccnc2)c1. The number of unbranched alkanes of at least 4 members (excludes halogenated alkanes) is 1. The molecule has 1 heterocycles. The van der Waals surface area contributed by atoms with Crippen molar-refractivity contribution in [3.63, 3.8) is 0 Å². The molecule has 1 aromatic heterocycles. The summed E-state index contributed by atoms with van der Waals surface area (Å²) in [4.78, 5) is 4.00. The number of nitrogens with zero attached hydrogens (tertiary/aromatic N) is 2. The number of aryl methyl sites for hydroxylation is 1. The molecule has 0 bridgehead atoms. The van der Waals surface area contributed by atoms with Gasteiger partial charge in [-0.05, 0) is 43.1 Å². The Kier molecular flexibility index (Phi) is 5.54. The van der Waals surface area contributed by atoms with Crippen LogP contribution in [-0.4, -0.2) is 16.1 Å². The van der Waals surface area contributed by atoms with Crippen molar-refractivity contribution in [2.45, 2.75) is 25.9 Å². The highest BCUT2D eigenvalue weighted by Gasteiger charge is 1.98. The molecule has 2 rings (SSSR count). The Hall–Kier alpha value is -1.20. The molecular weight excluding hydrogens is 309 g/mol. The summed E-state index contributed by atoms with van der Waals surface area (Å²) in [6, 6.07) is 4.96. The van der Waals surface area contributed by atoms with Crippen LogP contribution in [0.25, 0.3) is 0 Å². The summed E-state index contributed by atoms with van der Waals surface area (Å²) < 4.78 is 16.0. The third kappa shape index (κ3) is 5.12. The topological polar surface area (TPSA) is 29.9 Å². The van der Waals surface area contributed by atoms with Crippen molar-refractivity contribution in [3.8, 4) is 0 Å². The molecule has 0 aliphatic heterocycles. The summed E-state index contributed by atoms with van der Waals surface area (Å²) in [5.41, 5.74) is 0.960. The zero-order chi connectivity index (χ0) is 13.5. The maximum Gasteiger partial charge on any atom is 0.124 e. The molecule has 19 heavy (non-hydrogen) atoms. The molecule has 0 amide bonds. The summed E-state index contributed by atoms with van der Waals surface area (Å²) in [6.07, 6.45) is 7.79. The number of halogens is 2. The van der Waals surface area contributed by atoms with Gasteiger partial charge >= 0.3 is 0 Å². The smallest absolute Gasteiger partial charge is 0.124 e. The minimum atomic E-state index is -0.203. The fraction of sp³-hybridized carbons (Fsp3) is 0.357. The number of aromatic nitrogens is 2. The van der Waals surface area contributed by atoms with Gasteiger partial charge in [-0.25, -0.2) is 9.37 Å². The minimum Gasteiger partial charge on any atom is -0.337 e. The number of benzene rings is 1. The average molecular weight is 326 g/mol. The molecule has 3 nitrogen and oxygen atoms in total. The van der Waals surface area contributed by atoms with E-state index in [-0.39, 0.29) is 5.82 Å². The Labute approximate surface area is 121 Å². The van der Waals surface area contributed by atoms with Crippen molar-refractivity contribution >= 4 is 15.9 Å². The molecule has 0 radical (unpaired) electrons. The number of rotatable bonds is 7. The van der Waals surface area contributed by atoms with E-state index in [0.717, 1.165) is 36.0 Å². The highest BCUT2D eigenvalue weighted by Crippen LogP contribution is 2.14. The molecule has 1 aromatic carbocycles. The quantitative estimate of drug-likeness (QED) is 0.791. The van der Waals surface area contributed by atoms with Gasteiger partial charge in [0.2, 0.25) is 0 Å². The Balaban J connectivity index is 1.61. The third-order valence-corrected chi connectivity index (χ3v) is 3.29. The second-order valence-corrected chi connectivity index (χ2v) is 5.38. The molecule has 0 saturated heterocycles. The second kappa shape index (κ2) is 7.40. The van der Waals surface area contributed by atoms with Gasteiger partial charge in [-0.1, -0.05) is 15.9 Å². The first-order chi connectivity index (χ1) is 9.24. The molecule has 102 valence electrons. The summed E-state index contributed by atoms with van der Waals surface area (Å²) in [7, 11) is 0. The maximum atomic E-state index is 13.1. The van der Waals surface area contributed by atoms with E-state index in [1.165, 1.54) is 6.07 Å². The average Bonchev–Trinajstić information content (AvgIpc) is 2.85. The Morgan fingerprint density at radius 1 is 1.26 bits per heavy atom. The van der Waals surface area contributed by atoms with E-state index in [0.29, 0.717) is 6.54 Å². The Morgan fingerprint density at radius 2 is 2.16 bits per heavy atom. The van der Waals surface area contributed by atoms with Crippen LogP contribution in [0.3, 0.4) is 0 Å². The molecule has 0 spiro atoms. The van der Waals surface area contributed by atoms with Crippen LogP contribution in [0.4, 0.5) is 4.39 Å². The van der Waals surface area contributed by atoms with E-state index >= 15 is 0 Å². The lowest BCUT2D eigenvalue weighted by atomic mass is 10.2. The molecule has 0 aliphatic rings. The lowest BCUT2D eigenvalue weighted by molar-refractivity contribution is 0.566. The number of imidazole rings is 1. The highest BCUT2D eigenvalue weighted by atomic mass is 79.9. The monoisotopic (exact) mass is 325 g/mol. The van der Waals surface area contributed by atoms with Gasteiger partial charge in [-0.15, -0.1) is 0 Å². The fourth-order valence-electron chi connectivity index (χ4n) is 1.91. The van der Waals surface area contributed by atoms with Crippen LogP contribution in [-0.2, 0) is 13.1 Å². The predicted octanol–water partition coefficient (Wildman–Crippen LogP) is 3.35. The standard InChI is InChI=1S/C14H17BrFN3/c15-13-7-12(8-14(16)9-13)10-17-3-1-2-5-19-6-4-18-11-19/h4,6-9,11,17H,1-3,5,10H2. The first-order valence-corrected chi connectivity index (χ1v) is 7.15. The highest BCUT2D eigenvalue weighted by molar-refractivity contribution is 9.10. The summed E-state index contributed by atoms with van der Waals surface area (Å²) in [6.45, 7) is 2.62. The van der Waals surface area contributed by atoms with Crippen LogP contribution in [0.1, 0.15) is 18.4 Å². The van der Waals surface area contributed by atoms with Gasteiger partial charge < -0.3 is 9.88 Å². The van der Waals surface area contributed by atoms with E-state index < -0.39 is 0 Å². The van der Waals surface area contributed by atoms with Crippen LogP contribution >= 0.6 is 15.9 Å².